The van der Waals surface area contributed by atoms with E-state index in [1.165, 1.54) is 10.6 Å². The van der Waals surface area contributed by atoms with Gasteiger partial charge in [0.2, 0.25) is 0 Å². The van der Waals surface area contributed by atoms with Gasteiger partial charge in [0.05, 0.1) is 19.9 Å². The second-order valence-electron chi connectivity index (χ2n) is 4.77. The summed E-state index contributed by atoms with van der Waals surface area (Å²) in [6.07, 6.45) is 2.11. The van der Waals surface area contributed by atoms with Crippen LogP contribution < -0.4 is 14.8 Å². The number of aryl methyl sites for hydroxylation is 1. The number of methoxy groups -OCH3 is 2. The molecule has 1 aromatic heterocycles. The standard InChI is InChI=1S/C16H22N2O2S/c1-5-6-14-15(10-17-2)21-16(18-14)11-7-12(19-3)9-13(8-11)20-4/h7-9,17H,5-6,10H2,1-4H3. The van der Waals surface area contributed by atoms with Crippen LogP contribution in [0.5, 0.6) is 11.5 Å². The number of rotatable bonds is 7. The number of benzene rings is 1. The van der Waals surface area contributed by atoms with Gasteiger partial charge >= 0.3 is 0 Å². The Morgan fingerprint density at radius 2 is 1.81 bits per heavy atom. The molecule has 2 aromatic rings. The van der Waals surface area contributed by atoms with Crippen LogP contribution in [-0.2, 0) is 13.0 Å². The molecule has 0 bridgehead atoms. The lowest BCUT2D eigenvalue weighted by molar-refractivity contribution is 0.394. The zero-order valence-corrected chi connectivity index (χ0v) is 13.8. The Morgan fingerprint density at radius 3 is 2.33 bits per heavy atom. The third-order valence-electron chi connectivity index (χ3n) is 3.20. The van der Waals surface area contributed by atoms with Gasteiger partial charge in [0.1, 0.15) is 16.5 Å². The molecule has 4 nitrogen and oxygen atoms in total. The van der Waals surface area contributed by atoms with Gasteiger partial charge < -0.3 is 14.8 Å². The average Bonchev–Trinajstić information content (AvgIpc) is 2.90. The van der Waals surface area contributed by atoms with E-state index >= 15 is 0 Å². The van der Waals surface area contributed by atoms with Crippen molar-refractivity contribution in [2.75, 3.05) is 21.3 Å². The van der Waals surface area contributed by atoms with Crippen LogP contribution in [0.25, 0.3) is 10.6 Å². The molecule has 0 saturated carbocycles. The monoisotopic (exact) mass is 306 g/mol. The fraction of sp³-hybridized carbons (Fsp3) is 0.438. The predicted octanol–water partition coefficient (Wildman–Crippen LogP) is 3.50. The van der Waals surface area contributed by atoms with Gasteiger partial charge in [-0.15, -0.1) is 11.3 Å². The molecule has 0 aliphatic heterocycles. The van der Waals surface area contributed by atoms with Crippen LogP contribution in [-0.4, -0.2) is 26.3 Å². The van der Waals surface area contributed by atoms with Gasteiger partial charge in [-0.1, -0.05) is 13.3 Å². The van der Waals surface area contributed by atoms with Crippen LogP contribution in [0.2, 0.25) is 0 Å². The number of nitrogens with zero attached hydrogens (tertiary/aromatic N) is 1. The van der Waals surface area contributed by atoms with Gasteiger partial charge in [0.25, 0.3) is 0 Å². The second kappa shape index (κ2) is 7.43. The average molecular weight is 306 g/mol. The van der Waals surface area contributed by atoms with Crippen molar-refractivity contribution in [3.63, 3.8) is 0 Å². The molecule has 0 atom stereocenters. The number of nitrogens with one attached hydrogen (secondary N) is 1. The lowest BCUT2D eigenvalue weighted by Crippen LogP contribution is -2.05. The summed E-state index contributed by atoms with van der Waals surface area (Å²) in [5, 5.41) is 4.23. The van der Waals surface area contributed by atoms with E-state index in [1.807, 2.05) is 25.2 Å². The van der Waals surface area contributed by atoms with E-state index in [0.717, 1.165) is 41.5 Å². The first kappa shape index (κ1) is 15.8. The number of aromatic nitrogens is 1. The molecule has 0 spiro atoms. The smallest absolute Gasteiger partial charge is 0.124 e. The van der Waals surface area contributed by atoms with E-state index in [4.69, 9.17) is 14.5 Å². The number of thiazole rings is 1. The predicted molar refractivity (Wildman–Crippen MR) is 87.4 cm³/mol. The Bertz CT molecular complexity index is 550. The van der Waals surface area contributed by atoms with Crippen molar-refractivity contribution in [1.82, 2.24) is 10.3 Å². The quantitative estimate of drug-likeness (QED) is 0.850. The van der Waals surface area contributed by atoms with E-state index < -0.39 is 0 Å². The maximum absolute atomic E-state index is 5.34. The van der Waals surface area contributed by atoms with Crippen molar-refractivity contribution in [3.8, 4) is 22.1 Å². The minimum atomic E-state index is 0.784. The van der Waals surface area contributed by atoms with E-state index in [9.17, 15) is 0 Å². The molecule has 0 aliphatic carbocycles. The Morgan fingerprint density at radius 1 is 1.14 bits per heavy atom. The van der Waals surface area contributed by atoms with Crippen molar-refractivity contribution in [2.24, 2.45) is 0 Å². The molecular weight excluding hydrogens is 284 g/mol. The maximum Gasteiger partial charge on any atom is 0.124 e. The van der Waals surface area contributed by atoms with Gasteiger partial charge in [0, 0.05) is 23.1 Å². The Hall–Kier alpha value is -1.59. The molecule has 0 fully saturated rings. The summed E-state index contributed by atoms with van der Waals surface area (Å²) < 4.78 is 10.7. The molecular formula is C16H22N2O2S. The lowest BCUT2D eigenvalue weighted by Gasteiger charge is -2.06. The van der Waals surface area contributed by atoms with Gasteiger partial charge in [-0.25, -0.2) is 4.98 Å². The highest BCUT2D eigenvalue weighted by atomic mass is 32.1. The third-order valence-corrected chi connectivity index (χ3v) is 4.35. The largest absolute Gasteiger partial charge is 0.497 e. The van der Waals surface area contributed by atoms with Crippen LogP contribution >= 0.6 is 11.3 Å². The molecule has 1 aromatic carbocycles. The van der Waals surface area contributed by atoms with Crippen molar-refractivity contribution in [1.29, 1.82) is 0 Å². The van der Waals surface area contributed by atoms with Crippen LogP contribution in [0.1, 0.15) is 23.9 Å². The molecule has 0 saturated heterocycles. The van der Waals surface area contributed by atoms with Crippen molar-refractivity contribution in [2.45, 2.75) is 26.3 Å². The molecule has 2 rings (SSSR count). The van der Waals surface area contributed by atoms with Gasteiger partial charge in [0.15, 0.2) is 0 Å². The summed E-state index contributed by atoms with van der Waals surface area (Å²) in [7, 11) is 5.29. The molecule has 0 radical (unpaired) electrons. The van der Waals surface area contributed by atoms with Crippen LogP contribution in [0, 0.1) is 0 Å². The normalized spacial score (nSPS) is 10.7. The Kier molecular flexibility index (Phi) is 5.59. The SMILES string of the molecule is CCCc1nc(-c2cc(OC)cc(OC)c2)sc1CNC. The van der Waals surface area contributed by atoms with Crippen molar-refractivity contribution < 1.29 is 9.47 Å². The van der Waals surface area contributed by atoms with Gasteiger partial charge in [-0.2, -0.15) is 0 Å². The first-order valence-corrected chi connectivity index (χ1v) is 7.90. The molecule has 1 N–H and O–H groups in total. The molecule has 0 amide bonds. The summed E-state index contributed by atoms with van der Waals surface area (Å²) in [4.78, 5) is 6.11. The fourth-order valence-corrected chi connectivity index (χ4v) is 3.28. The highest BCUT2D eigenvalue weighted by Gasteiger charge is 2.13. The van der Waals surface area contributed by atoms with Crippen LogP contribution in [0.4, 0.5) is 0 Å². The third kappa shape index (κ3) is 3.74. The minimum absolute atomic E-state index is 0.784. The highest BCUT2D eigenvalue weighted by Crippen LogP contribution is 2.34. The Balaban J connectivity index is 2.43. The van der Waals surface area contributed by atoms with E-state index in [-0.39, 0.29) is 0 Å². The van der Waals surface area contributed by atoms with E-state index in [2.05, 4.69) is 12.2 Å². The highest BCUT2D eigenvalue weighted by molar-refractivity contribution is 7.15. The Labute approximate surface area is 130 Å². The van der Waals surface area contributed by atoms with Gasteiger partial charge in [-0.3, -0.25) is 0 Å². The van der Waals surface area contributed by atoms with Gasteiger partial charge in [-0.05, 0) is 25.6 Å². The van der Waals surface area contributed by atoms with Crippen LogP contribution in [0.3, 0.4) is 0 Å². The number of hydrogen-bond donors (Lipinski definition) is 1. The number of ether oxygens (including phenoxy) is 2. The molecule has 5 heteroatoms. The zero-order chi connectivity index (χ0) is 15.2. The molecule has 0 unspecified atom stereocenters. The minimum Gasteiger partial charge on any atom is -0.497 e. The first-order chi connectivity index (χ1) is 10.2. The second-order valence-corrected chi connectivity index (χ2v) is 5.85. The lowest BCUT2D eigenvalue weighted by atomic mass is 10.2. The van der Waals surface area contributed by atoms with E-state index in [1.54, 1.807) is 25.6 Å². The first-order valence-electron chi connectivity index (χ1n) is 7.08. The van der Waals surface area contributed by atoms with E-state index in [0.29, 0.717) is 0 Å². The summed E-state index contributed by atoms with van der Waals surface area (Å²) in [5.41, 5.74) is 2.23. The summed E-state index contributed by atoms with van der Waals surface area (Å²) in [6, 6.07) is 5.87. The zero-order valence-electron chi connectivity index (χ0n) is 13.0. The fourth-order valence-electron chi connectivity index (χ4n) is 2.17. The summed E-state index contributed by atoms with van der Waals surface area (Å²) >= 11 is 1.73. The summed E-state index contributed by atoms with van der Waals surface area (Å²) in [5.74, 6) is 1.57. The van der Waals surface area contributed by atoms with Crippen molar-refractivity contribution >= 4 is 11.3 Å². The van der Waals surface area contributed by atoms with Crippen LogP contribution in [0.15, 0.2) is 18.2 Å². The maximum atomic E-state index is 5.34. The molecule has 0 aliphatic rings. The molecule has 21 heavy (non-hydrogen) atoms. The topological polar surface area (TPSA) is 43.4 Å². The summed E-state index contributed by atoms with van der Waals surface area (Å²) in [6.45, 7) is 3.03. The number of hydrogen-bond acceptors (Lipinski definition) is 5. The molecule has 114 valence electrons. The van der Waals surface area contributed by atoms with Crippen molar-refractivity contribution in [3.05, 3.63) is 28.8 Å². The molecule has 1 heterocycles.